The molecular weight excluding hydrogens is 389 g/mol. The number of morpholine rings is 1. The van der Waals surface area contributed by atoms with Crippen LogP contribution in [0.2, 0.25) is 0 Å². The van der Waals surface area contributed by atoms with Crippen LogP contribution in [0.1, 0.15) is 6.42 Å². The Labute approximate surface area is 164 Å². The molecule has 5 rings (SSSR count). The first-order chi connectivity index (χ1) is 14.0. The number of halogens is 3. The Morgan fingerprint density at radius 1 is 1.21 bits per heavy atom. The third kappa shape index (κ3) is 3.39. The maximum Gasteiger partial charge on any atom is 0.387 e. The zero-order valence-electron chi connectivity index (χ0n) is 15.3. The maximum atomic E-state index is 13.4. The van der Waals surface area contributed by atoms with E-state index in [1.54, 1.807) is 11.0 Å². The number of anilines is 3. The predicted molar refractivity (Wildman–Crippen MR) is 98.9 cm³/mol. The highest BCUT2D eigenvalue weighted by atomic mass is 19.3. The van der Waals surface area contributed by atoms with Crippen molar-refractivity contribution in [3.05, 3.63) is 18.3 Å². The number of rotatable bonds is 5. The normalized spacial score (nSPS) is 23.7. The van der Waals surface area contributed by atoms with E-state index in [0.29, 0.717) is 36.2 Å². The summed E-state index contributed by atoms with van der Waals surface area (Å²) >= 11 is 0. The smallest absolute Gasteiger partial charge is 0.387 e. The van der Waals surface area contributed by atoms with Crippen LogP contribution in [0.25, 0.3) is 11.3 Å². The standard InChI is InChI=1S/C18H19F3N6O2/c19-10-5-26(6-10)18-24-13(9-1-14(29-17(20)21)16(22)23-4-9)3-15(25-18)27-7-12-2-11(27)8-28-12/h1,3-4,10-12,17H,2,5-8H2,(H2,22,23). The number of nitrogens with zero attached hydrogens (tertiary/aromatic N) is 5. The Bertz CT molecular complexity index is 926. The van der Waals surface area contributed by atoms with Crippen LogP contribution >= 0.6 is 0 Å². The van der Waals surface area contributed by atoms with Crippen molar-refractivity contribution in [2.75, 3.05) is 41.8 Å². The number of aromatic nitrogens is 3. The lowest BCUT2D eigenvalue weighted by Crippen LogP contribution is -2.49. The van der Waals surface area contributed by atoms with E-state index in [9.17, 15) is 13.2 Å². The van der Waals surface area contributed by atoms with Gasteiger partial charge in [-0.15, -0.1) is 0 Å². The van der Waals surface area contributed by atoms with Crippen LogP contribution in [0, 0.1) is 0 Å². The van der Waals surface area contributed by atoms with Crippen molar-refractivity contribution in [1.82, 2.24) is 15.0 Å². The second-order valence-electron chi connectivity index (χ2n) is 7.40. The lowest BCUT2D eigenvalue weighted by Gasteiger charge is -2.35. The summed E-state index contributed by atoms with van der Waals surface area (Å²) in [6.07, 6.45) is 1.63. The molecule has 3 fully saturated rings. The van der Waals surface area contributed by atoms with Gasteiger partial charge in [-0.2, -0.15) is 13.8 Å². The number of pyridine rings is 1. The van der Waals surface area contributed by atoms with Crippen LogP contribution in [0.3, 0.4) is 0 Å². The van der Waals surface area contributed by atoms with Gasteiger partial charge in [-0.1, -0.05) is 0 Å². The Morgan fingerprint density at radius 2 is 2.03 bits per heavy atom. The second kappa shape index (κ2) is 6.90. The summed E-state index contributed by atoms with van der Waals surface area (Å²) in [5.41, 5.74) is 6.57. The maximum absolute atomic E-state index is 13.4. The third-order valence-corrected chi connectivity index (χ3v) is 5.41. The number of alkyl halides is 3. The van der Waals surface area contributed by atoms with Crippen LogP contribution in [-0.2, 0) is 4.74 Å². The molecule has 3 aliphatic rings. The van der Waals surface area contributed by atoms with Crippen LogP contribution in [-0.4, -0.2) is 66.1 Å². The molecule has 0 aliphatic carbocycles. The molecule has 154 valence electrons. The topological polar surface area (TPSA) is 89.6 Å². The highest BCUT2D eigenvalue weighted by molar-refractivity contribution is 5.68. The van der Waals surface area contributed by atoms with Gasteiger partial charge in [0.15, 0.2) is 11.6 Å². The molecule has 2 unspecified atom stereocenters. The van der Waals surface area contributed by atoms with E-state index < -0.39 is 12.8 Å². The summed E-state index contributed by atoms with van der Waals surface area (Å²) in [6.45, 7) is -1.24. The molecule has 0 saturated carbocycles. The lowest BCUT2D eigenvalue weighted by molar-refractivity contribution is -0.0494. The molecule has 5 heterocycles. The van der Waals surface area contributed by atoms with Crippen LogP contribution in [0.5, 0.6) is 5.75 Å². The van der Waals surface area contributed by atoms with Gasteiger partial charge in [0, 0.05) is 24.4 Å². The van der Waals surface area contributed by atoms with E-state index in [-0.39, 0.29) is 36.8 Å². The quantitative estimate of drug-likeness (QED) is 0.802. The average Bonchev–Trinajstić information content (AvgIpc) is 3.30. The van der Waals surface area contributed by atoms with Crippen molar-refractivity contribution >= 4 is 17.6 Å². The summed E-state index contributed by atoms with van der Waals surface area (Å²) in [4.78, 5) is 17.0. The Kier molecular flexibility index (Phi) is 4.34. The van der Waals surface area contributed by atoms with E-state index in [2.05, 4.69) is 24.6 Å². The molecule has 29 heavy (non-hydrogen) atoms. The Hall–Kier alpha value is -2.82. The van der Waals surface area contributed by atoms with Crippen LogP contribution in [0.15, 0.2) is 18.3 Å². The first-order valence-electron chi connectivity index (χ1n) is 9.33. The number of nitrogen functional groups attached to an aromatic ring is 1. The average molecular weight is 408 g/mol. The van der Waals surface area contributed by atoms with Crippen molar-refractivity contribution < 1.29 is 22.6 Å². The second-order valence-corrected chi connectivity index (χ2v) is 7.40. The van der Waals surface area contributed by atoms with Crippen molar-refractivity contribution in [3.63, 3.8) is 0 Å². The summed E-state index contributed by atoms with van der Waals surface area (Å²) < 4.78 is 48.8. The van der Waals surface area contributed by atoms with Crippen LogP contribution in [0.4, 0.5) is 30.8 Å². The Balaban J connectivity index is 1.53. The number of ether oxygens (including phenoxy) is 2. The SMILES string of the molecule is Nc1ncc(-c2cc(N3CC4CC3CO4)nc(N3CC(F)C3)n2)cc1OC(F)F. The van der Waals surface area contributed by atoms with Gasteiger partial charge in [-0.3, -0.25) is 0 Å². The van der Waals surface area contributed by atoms with Gasteiger partial charge in [-0.05, 0) is 12.5 Å². The summed E-state index contributed by atoms with van der Waals surface area (Å²) in [7, 11) is 0. The van der Waals surface area contributed by atoms with E-state index in [0.717, 1.165) is 6.42 Å². The number of nitrogens with two attached hydrogens (primary N) is 1. The fraction of sp³-hybridized carbons (Fsp3) is 0.500. The van der Waals surface area contributed by atoms with E-state index in [4.69, 9.17) is 10.5 Å². The van der Waals surface area contributed by atoms with Gasteiger partial charge in [0.2, 0.25) is 5.95 Å². The molecule has 0 aromatic carbocycles. The summed E-state index contributed by atoms with van der Waals surface area (Å²) in [5, 5.41) is 0. The van der Waals surface area contributed by atoms with Gasteiger partial charge in [0.25, 0.3) is 0 Å². The fourth-order valence-corrected chi connectivity index (χ4v) is 3.91. The van der Waals surface area contributed by atoms with Crippen molar-refractivity contribution in [2.45, 2.75) is 31.3 Å². The van der Waals surface area contributed by atoms with Gasteiger partial charge in [0.05, 0.1) is 37.5 Å². The lowest BCUT2D eigenvalue weighted by atomic mass is 10.1. The van der Waals surface area contributed by atoms with Crippen molar-refractivity contribution in [1.29, 1.82) is 0 Å². The molecule has 2 N–H and O–H groups in total. The van der Waals surface area contributed by atoms with E-state index >= 15 is 0 Å². The molecule has 0 amide bonds. The summed E-state index contributed by atoms with van der Waals surface area (Å²) in [5.74, 6) is 0.723. The van der Waals surface area contributed by atoms with E-state index in [1.807, 2.05) is 0 Å². The molecule has 2 bridgehead atoms. The first kappa shape index (κ1) is 18.2. The molecular formula is C18H19F3N6O2. The minimum absolute atomic E-state index is 0.138. The molecule has 0 spiro atoms. The van der Waals surface area contributed by atoms with Gasteiger partial charge >= 0.3 is 6.61 Å². The summed E-state index contributed by atoms with van der Waals surface area (Å²) in [6, 6.07) is 3.37. The molecule has 11 heteroatoms. The molecule has 3 saturated heterocycles. The van der Waals surface area contributed by atoms with Crippen LogP contribution < -0.4 is 20.3 Å². The molecule has 2 aromatic rings. The third-order valence-electron chi connectivity index (χ3n) is 5.41. The molecule has 3 aliphatic heterocycles. The van der Waals surface area contributed by atoms with Crippen molar-refractivity contribution in [3.8, 4) is 17.0 Å². The number of hydrogen-bond donors (Lipinski definition) is 1. The first-order valence-corrected chi connectivity index (χ1v) is 9.33. The molecule has 2 aromatic heterocycles. The van der Waals surface area contributed by atoms with Gasteiger partial charge in [0.1, 0.15) is 12.0 Å². The minimum Gasteiger partial charge on any atom is -0.431 e. The van der Waals surface area contributed by atoms with Crippen molar-refractivity contribution in [2.24, 2.45) is 0 Å². The zero-order chi connectivity index (χ0) is 20.1. The Morgan fingerprint density at radius 3 is 2.69 bits per heavy atom. The van der Waals surface area contributed by atoms with Gasteiger partial charge < -0.3 is 25.0 Å². The van der Waals surface area contributed by atoms with Gasteiger partial charge in [-0.25, -0.2) is 14.4 Å². The largest absolute Gasteiger partial charge is 0.431 e. The molecule has 0 radical (unpaired) electrons. The molecule has 2 atom stereocenters. The highest BCUT2D eigenvalue weighted by Crippen LogP contribution is 2.35. The molecule has 8 nitrogen and oxygen atoms in total. The van der Waals surface area contributed by atoms with E-state index in [1.165, 1.54) is 12.3 Å². The highest BCUT2D eigenvalue weighted by Gasteiger charge is 2.40. The number of fused-ring (bicyclic) bond motifs is 2. The number of hydrogen-bond acceptors (Lipinski definition) is 8. The minimum atomic E-state index is -3.02. The zero-order valence-corrected chi connectivity index (χ0v) is 15.3. The monoisotopic (exact) mass is 408 g/mol. The fourth-order valence-electron chi connectivity index (χ4n) is 3.91. The predicted octanol–water partition coefficient (Wildman–Crippen LogP) is 1.86.